The molecule has 4 nitrogen and oxygen atoms in total. The van der Waals surface area contributed by atoms with Crippen molar-refractivity contribution in [2.45, 2.75) is 23.0 Å². The van der Waals surface area contributed by atoms with Crippen LogP contribution in [0.2, 0.25) is 0 Å². The highest BCUT2D eigenvalue weighted by molar-refractivity contribution is 8.00. The van der Waals surface area contributed by atoms with Crippen molar-refractivity contribution >= 4 is 45.7 Å². The molecule has 33 heavy (non-hydrogen) atoms. The summed E-state index contributed by atoms with van der Waals surface area (Å²) in [5.41, 5.74) is 2.52. The summed E-state index contributed by atoms with van der Waals surface area (Å²) >= 11 is 1.50. The third kappa shape index (κ3) is 5.10. The van der Waals surface area contributed by atoms with Crippen LogP contribution in [0.5, 0.6) is 0 Å². The topological polar surface area (TPSA) is 58.2 Å². The van der Waals surface area contributed by atoms with Crippen LogP contribution in [0.1, 0.15) is 23.7 Å². The first-order valence-electron chi connectivity index (χ1n) is 11.1. The number of anilines is 2. The van der Waals surface area contributed by atoms with Crippen molar-refractivity contribution in [1.82, 2.24) is 0 Å². The molecule has 0 radical (unpaired) electrons. The molecule has 4 aromatic rings. The van der Waals surface area contributed by atoms with Crippen LogP contribution in [-0.4, -0.2) is 11.8 Å². The predicted molar refractivity (Wildman–Crippen MR) is 135 cm³/mol. The number of fused-ring (bicyclic) bond motifs is 1. The number of carbonyl (C=O) groups excluding carboxylic acids is 2. The van der Waals surface area contributed by atoms with Gasteiger partial charge in [0, 0.05) is 27.6 Å². The van der Waals surface area contributed by atoms with Gasteiger partial charge in [0.2, 0.25) is 11.8 Å². The maximum atomic E-state index is 13.5. The van der Waals surface area contributed by atoms with E-state index in [0.717, 1.165) is 45.4 Å². The molecular weight excluding hydrogens is 428 g/mol. The SMILES string of the molecule is O=C(Nc1ccc(SC(C(=O)Nc2cccc3ccccc23)c2ccccc2)cc1)C1CC1. The molecule has 0 saturated heterocycles. The van der Waals surface area contributed by atoms with E-state index in [-0.39, 0.29) is 17.7 Å². The van der Waals surface area contributed by atoms with Gasteiger partial charge >= 0.3 is 0 Å². The summed E-state index contributed by atoms with van der Waals surface area (Å²) in [5, 5.41) is 7.79. The third-order valence-electron chi connectivity index (χ3n) is 5.71. The second-order valence-electron chi connectivity index (χ2n) is 8.21. The van der Waals surface area contributed by atoms with Gasteiger partial charge in [-0.1, -0.05) is 66.7 Å². The van der Waals surface area contributed by atoms with Gasteiger partial charge in [-0.05, 0) is 54.1 Å². The smallest absolute Gasteiger partial charge is 0.242 e. The van der Waals surface area contributed by atoms with E-state index in [1.165, 1.54) is 11.8 Å². The molecule has 1 unspecified atom stereocenters. The Hall–Kier alpha value is -3.57. The Bertz CT molecular complexity index is 1280. The van der Waals surface area contributed by atoms with E-state index in [0.29, 0.717) is 0 Å². The molecule has 1 aliphatic rings. The van der Waals surface area contributed by atoms with Crippen molar-refractivity contribution in [2.24, 2.45) is 5.92 Å². The average molecular weight is 453 g/mol. The quantitative estimate of drug-likeness (QED) is 0.308. The highest BCUT2D eigenvalue weighted by Gasteiger charge is 2.29. The number of thioether (sulfide) groups is 1. The largest absolute Gasteiger partial charge is 0.326 e. The number of rotatable bonds is 7. The van der Waals surface area contributed by atoms with E-state index in [9.17, 15) is 9.59 Å². The fourth-order valence-electron chi connectivity index (χ4n) is 3.78. The number of nitrogens with one attached hydrogen (secondary N) is 2. The molecule has 0 heterocycles. The molecule has 0 aliphatic heterocycles. The van der Waals surface area contributed by atoms with Gasteiger partial charge in [0.05, 0.1) is 0 Å². The van der Waals surface area contributed by atoms with Gasteiger partial charge in [-0.15, -0.1) is 11.8 Å². The van der Waals surface area contributed by atoms with Crippen LogP contribution in [0.3, 0.4) is 0 Å². The average Bonchev–Trinajstić information content (AvgIpc) is 3.70. The summed E-state index contributed by atoms with van der Waals surface area (Å²) in [6, 6.07) is 31.5. The Morgan fingerprint density at radius 2 is 1.45 bits per heavy atom. The van der Waals surface area contributed by atoms with Gasteiger partial charge in [-0.2, -0.15) is 0 Å². The first-order chi connectivity index (χ1) is 16.2. The molecule has 164 valence electrons. The normalized spacial score (nSPS) is 13.9. The minimum atomic E-state index is -0.419. The highest BCUT2D eigenvalue weighted by atomic mass is 32.2. The maximum Gasteiger partial charge on any atom is 0.242 e. The number of hydrogen-bond donors (Lipinski definition) is 2. The molecule has 1 saturated carbocycles. The van der Waals surface area contributed by atoms with Crippen LogP contribution in [0.15, 0.2) is 102 Å². The molecule has 1 fully saturated rings. The van der Waals surface area contributed by atoms with E-state index in [1.54, 1.807) is 0 Å². The van der Waals surface area contributed by atoms with Crippen molar-refractivity contribution in [3.05, 3.63) is 103 Å². The zero-order valence-electron chi connectivity index (χ0n) is 18.0. The summed E-state index contributed by atoms with van der Waals surface area (Å²) in [6.07, 6.45) is 1.95. The lowest BCUT2D eigenvalue weighted by Crippen LogP contribution is -2.19. The summed E-state index contributed by atoms with van der Waals surface area (Å²) in [6.45, 7) is 0. The van der Waals surface area contributed by atoms with Crippen molar-refractivity contribution < 1.29 is 9.59 Å². The van der Waals surface area contributed by atoms with Crippen LogP contribution in [-0.2, 0) is 9.59 Å². The van der Waals surface area contributed by atoms with E-state index >= 15 is 0 Å². The fraction of sp³-hybridized carbons (Fsp3) is 0.143. The molecule has 2 N–H and O–H groups in total. The molecular formula is C28H24N2O2S. The van der Waals surface area contributed by atoms with Crippen LogP contribution in [0, 0.1) is 5.92 Å². The van der Waals surface area contributed by atoms with E-state index < -0.39 is 5.25 Å². The van der Waals surface area contributed by atoms with Crippen molar-refractivity contribution in [3.8, 4) is 0 Å². The summed E-state index contributed by atoms with van der Waals surface area (Å²) in [5.74, 6) is 0.181. The highest BCUT2D eigenvalue weighted by Crippen LogP contribution is 2.37. The molecule has 1 aliphatic carbocycles. The van der Waals surface area contributed by atoms with Crippen LogP contribution >= 0.6 is 11.8 Å². The first kappa shape index (κ1) is 21.3. The molecule has 5 heteroatoms. The summed E-state index contributed by atoms with van der Waals surface area (Å²) in [4.78, 5) is 26.4. The zero-order valence-corrected chi connectivity index (χ0v) is 18.8. The van der Waals surface area contributed by atoms with E-state index in [1.807, 2.05) is 97.1 Å². The minimum Gasteiger partial charge on any atom is -0.326 e. The number of benzene rings is 4. The van der Waals surface area contributed by atoms with Gasteiger partial charge in [0.25, 0.3) is 0 Å². The van der Waals surface area contributed by atoms with E-state index in [4.69, 9.17) is 0 Å². The number of hydrogen-bond acceptors (Lipinski definition) is 3. The maximum absolute atomic E-state index is 13.5. The lowest BCUT2D eigenvalue weighted by Gasteiger charge is -2.18. The van der Waals surface area contributed by atoms with Crippen molar-refractivity contribution in [2.75, 3.05) is 10.6 Å². The number of amides is 2. The second-order valence-corrected chi connectivity index (χ2v) is 9.39. The lowest BCUT2D eigenvalue weighted by molar-refractivity contribution is -0.117. The molecule has 0 aromatic heterocycles. The minimum absolute atomic E-state index is 0.0753. The number of carbonyl (C=O) groups is 2. The van der Waals surface area contributed by atoms with Gasteiger partial charge in [-0.25, -0.2) is 0 Å². The van der Waals surface area contributed by atoms with Crippen molar-refractivity contribution in [1.29, 1.82) is 0 Å². The van der Waals surface area contributed by atoms with Crippen molar-refractivity contribution in [3.63, 3.8) is 0 Å². The fourth-order valence-corrected chi connectivity index (χ4v) is 4.80. The van der Waals surface area contributed by atoms with Crippen LogP contribution in [0.25, 0.3) is 10.8 Å². The molecule has 2 amide bonds. The predicted octanol–water partition coefficient (Wildman–Crippen LogP) is 6.66. The molecule has 0 bridgehead atoms. The monoisotopic (exact) mass is 452 g/mol. The van der Waals surface area contributed by atoms with Gasteiger partial charge in [-0.3, -0.25) is 9.59 Å². The van der Waals surface area contributed by atoms with Gasteiger partial charge in [0.1, 0.15) is 5.25 Å². The Balaban J connectivity index is 1.37. The Morgan fingerprint density at radius 3 is 2.21 bits per heavy atom. The molecule has 1 atom stereocenters. The standard InChI is InChI=1S/C28H24N2O2S/c31-27(21-13-14-21)29-22-15-17-23(18-16-22)33-26(20-8-2-1-3-9-20)28(32)30-25-12-6-10-19-7-4-5-11-24(19)25/h1-12,15-18,21,26H,13-14H2,(H,29,31)(H,30,32). The molecule has 4 aromatic carbocycles. The van der Waals surface area contributed by atoms with Gasteiger partial charge in [0.15, 0.2) is 0 Å². The Morgan fingerprint density at radius 1 is 0.758 bits per heavy atom. The Labute approximate surface area is 197 Å². The lowest BCUT2D eigenvalue weighted by atomic mass is 10.1. The zero-order chi connectivity index (χ0) is 22.6. The Kier molecular flexibility index (Phi) is 6.13. The van der Waals surface area contributed by atoms with E-state index in [2.05, 4.69) is 10.6 Å². The van der Waals surface area contributed by atoms with Crippen LogP contribution < -0.4 is 10.6 Å². The molecule has 0 spiro atoms. The van der Waals surface area contributed by atoms with Crippen LogP contribution in [0.4, 0.5) is 11.4 Å². The van der Waals surface area contributed by atoms with Gasteiger partial charge < -0.3 is 10.6 Å². The first-order valence-corrected chi connectivity index (χ1v) is 12.0. The second kappa shape index (κ2) is 9.51. The summed E-state index contributed by atoms with van der Waals surface area (Å²) in [7, 11) is 0. The molecule has 5 rings (SSSR count). The summed E-state index contributed by atoms with van der Waals surface area (Å²) < 4.78 is 0. The third-order valence-corrected chi connectivity index (χ3v) is 6.98.